The third-order valence-corrected chi connectivity index (χ3v) is 5.21. The molecule has 7 nitrogen and oxygen atoms in total. The topological polar surface area (TPSA) is 92.4 Å². The first kappa shape index (κ1) is 22.0. The fourth-order valence-electron chi connectivity index (χ4n) is 3.12. The van der Waals surface area contributed by atoms with Crippen LogP contribution in [0.5, 0.6) is 0 Å². The van der Waals surface area contributed by atoms with Crippen LogP contribution in [-0.2, 0) is 17.4 Å². The normalized spacial score (nSPS) is 12.9. The minimum absolute atomic E-state index is 0.0529. The number of fused-ring (bicyclic) bond motifs is 1. The number of nitrogens with zero attached hydrogens (tertiary/aromatic N) is 4. The monoisotopic (exact) mass is 439 g/mol. The number of carbonyl (C=O) groups excluding carboxylic acids is 1. The number of hydrogen-bond acceptors (Lipinski definition) is 6. The van der Waals surface area contributed by atoms with Crippen molar-refractivity contribution < 1.29 is 23.1 Å². The van der Waals surface area contributed by atoms with Gasteiger partial charge in [-0.15, -0.1) is 5.10 Å². The maximum absolute atomic E-state index is 13.1. The van der Waals surface area contributed by atoms with Gasteiger partial charge in [0, 0.05) is 23.5 Å². The Labute approximate surface area is 174 Å². The molecule has 11 heteroatoms. The van der Waals surface area contributed by atoms with E-state index in [0.29, 0.717) is 27.9 Å². The predicted molar refractivity (Wildman–Crippen MR) is 105 cm³/mol. The second-order valence-electron chi connectivity index (χ2n) is 6.65. The van der Waals surface area contributed by atoms with Crippen molar-refractivity contribution >= 4 is 23.4 Å². The van der Waals surface area contributed by atoms with E-state index in [1.165, 1.54) is 30.0 Å². The maximum Gasteiger partial charge on any atom is 0.416 e. The molecule has 0 saturated heterocycles. The number of aryl methyl sites for hydroxylation is 2. The summed E-state index contributed by atoms with van der Waals surface area (Å²) in [7, 11) is 0. The molecule has 1 amide bonds. The highest BCUT2D eigenvalue weighted by molar-refractivity contribution is 7.98. The number of rotatable bonds is 6. The second-order valence-corrected chi connectivity index (χ2v) is 7.43. The number of carbonyl (C=O) groups is 1. The zero-order valence-electron chi connectivity index (χ0n) is 16.5. The summed E-state index contributed by atoms with van der Waals surface area (Å²) >= 11 is 1.37. The Morgan fingerprint density at radius 2 is 1.97 bits per heavy atom. The van der Waals surface area contributed by atoms with Gasteiger partial charge in [0.15, 0.2) is 0 Å². The van der Waals surface area contributed by atoms with Crippen molar-refractivity contribution in [2.24, 2.45) is 0 Å². The first-order valence-electron chi connectivity index (χ1n) is 8.99. The van der Waals surface area contributed by atoms with Crippen LogP contribution in [-0.4, -0.2) is 43.4 Å². The van der Waals surface area contributed by atoms with Crippen LogP contribution in [0.3, 0.4) is 0 Å². The van der Waals surface area contributed by atoms with Gasteiger partial charge < -0.3 is 10.4 Å². The van der Waals surface area contributed by atoms with Crippen LogP contribution in [0.25, 0.3) is 5.78 Å². The van der Waals surface area contributed by atoms with E-state index in [1.807, 2.05) is 6.26 Å². The van der Waals surface area contributed by atoms with E-state index in [2.05, 4.69) is 20.4 Å². The Hall–Kier alpha value is -2.66. The van der Waals surface area contributed by atoms with E-state index < -0.39 is 23.8 Å². The van der Waals surface area contributed by atoms with Crippen LogP contribution in [0, 0.1) is 13.8 Å². The molecule has 0 aliphatic rings. The molecular formula is C19H20F3N5O2S. The molecule has 0 radical (unpaired) electrons. The summed E-state index contributed by atoms with van der Waals surface area (Å²) in [6, 6.07) is 4.75. The van der Waals surface area contributed by atoms with Crippen molar-refractivity contribution in [1.29, 1.82) is 0 Å². The van der Waals surface area contributed by atoms with Gasteiger partial charge in [-0.3, -0.25) is 4.79 Å². The van der Waals surface area contributed by atoms with Gasteiger partial charge in [0.25, 0.3) is 5.78 Å². The summed E-state index contributed by atoms with van der Waals surface area (Å²) in [5.41, 5.74) is 0.737. The zero-order valence-corrected chi connectivity index (χ0v) is 17.3. The van der Waals surface area contributed by atoms with E-state index in [9.17, 15) is 23.1 Å². The van der Waals surface area contributed by atoms with Gasteiger partial charge in [-0.25, -0.2) is 9.50 Å². The Morgan fingerprint density at radius 3 is 2.63 bits per heavy atom. The summed E-state index contributed by atoms with van der Waals surface area (Å²) in [5, 5.41) is 17.6. The average Bonchev–Trinajstić information content (AvgIpc) is 3.12. The fourth-order valence-corrected chi connectivity index (χ4v) is 3.46. The number of aliphatic hydroxyl groups is 1. The lowest BCUT2D eigenvalue weighted by Gasteiger charge is -2.18. The smallest absolute Gasteiger partial charge is 0.387 e. The maximum atomic E-state index is 13.1. The highest BCUT2D eigenvalue weighted by atomic mass is 32.2. The molecule has 2 aromatic heterocycles. The lowest BCUT2D eigenvalue weighted by Crippen LogP contribution is -2.31. The van der Waals surface area contributed by atoms with Gasteiger partial charge in [0.2, 0.25) is 11.1 Å². The molecule has 30 heavy (non-hydrogen) atoms. The van der Waals surface area contributed by atoms with Crippen LogP contribution >= 0.6 is 11.8 Å². The van der Waals surface area contributed by atoms with Crippen molar-refractivity contribution in [2.45, 2.75) is 37.7 Å². The Balaban J connectivity index is 1.73. The third kappa shape index (κ3) is 4.57. The molecule has 0 aliphatic heterocycles. The highest BCUT2D eigenvalue weighted by Crippen LogP contribution is 2.34. The number of alkyl halides is 3. The van der Waals surface area contributed by atoms with Gasteiger partial charge in [0.05, 0.1) is 18.1 Å². The van der Waals surface area contributed by atoms with Gasteiger partial charge in [-0.2, -0.15) is 18.2 Å². The molecule has 0 aliphatic carbocycles. The number of benzene rings is 1. The van der Waals surface area contributed by atoms with Crippen molar-refractivity contribution in [2.75, 3.05) is 12.8 Å². The lowest BCUT2D eigenvalue weighted by atomic mass is 10.0. The zero-order chi connectivity index (χ0) is 22.1. The van der Waals surface area contributed by atoms with E-state index in [-0.39, 0.29) is 18.5 Å². The van der Waals surface area contributed by atoms with Gasteiger partial charge >= 0.3 is 6.18 Å². The van der Waals surface area contributed by atoms with E-state index in [1.54, 1.807) is 18.4 Å². The quantitative estimate of drug-likeness (QED) is 0.574. The summed E-state index contributed by atoms with van der Waals surface area (Å²) in [4.78, 5) is 21.0. The fraction of sp³-hybridized carbons (Fsp3) is 0.368. The van der Waals surface area contributed by atoms with E-state index in [0.717, 1.165) is 6.07 Å². The van der Waals surface area contributed by atoms with E-state index >= 15 is 0 Å². The van der Waals surface area contributed by atoms with Crippen LogP contribution < -0.4 is 5.32 Å². The standard InChI is InChI=1S/C19H20F3N5O2S/c1-10-13(11(2)27-17(24-10)25-18(26-27)30-3)8-16(29)23-9-15(28)12-6-4-5-7-14(12)19(20,21)22/h4-7,15,28H,8-9H2,1-3H3,(H,23,29). The molecule has 0 bridgehead atoms. The van der Waals surface area contributed by atoms with Crippen LogP contribution in [0.1, 0.15) is 34.2 Å². The number of amides is 1. The Bertz CT molecular complexity index is 1080. The molecule has 0 spiro atoms. The number of nitrogens with one attached hydrogen (secondary N) is 1. The number of hydrogen-bond donors (Lipinski definition) is 2. The van der Waals surface area contributed by atoms with Crippen LogP contribution in [0.15, 0.2) is 29.4 Å². The number of aromatic nitrogens is 4. The van der Waals surface area contributed by atoms with Gasteiger partial charge in [-0.05, 0) is 31.7 Å². The first-order valence-corrected chi connectivity index (χ1v) is 10.2. The molecule has 2 N–H and O–H groups in total. The first-order chi connectivity index (χ1) is 14.1. The summed E-state index contributed by atoms with van der Waals surface area (Å²) in [6.07, 6.45) is -4.30. The highest BCUT2D eigenvalue weighted by Gasteiger charge is 2.34. The number of thioether (sulfide) groups is 1. The SMILES string of the molecule is CSc1nc2nc(C)c(CC(=O)NCC(O)c3ccccc3C(F)(F)F)c(C)n2n1. The Morgan fingerprint density at radius 1 is 1.27 bits per heavy atom. The van der Waals surface area contributed by atoms with Crippen molar-refractivity contribution in [3.63, 3.8) is 0 Å². The largest absolute Gasteiger partial charge is 0.416 e. The lowest BCUT2D eigenvalue weighted by molar-refractivity contribution is -0.139. The molecule has 1 unspecified atom stereocenters. The Kier molecular flexibility index (Phi) is 6.32. The van der Waals surface area contributed by atoms with Crippen LogP contribution in [0.2, 0.25) is 0 Å². The number of aliphatic hydroxyl groups excluding tert-OH is 1. The minimum atomic E-state index is -4.59. The number of halogens is 3. The second kappa shape index (κ2) is 8.60. The third-order valence-electron chi connectivity index (χ3n) is 4.67. The van der Waals surface area contributed by atoms with Gasteiger partial charge in [0.1, 0.15) is 0 Å². The molecular weight excluding hydrogens is 419 g/mol. The van der Waals surface area contributed by atoms with Crippen molar-refractivity contribution in [3.05, 3.63) is 52.3 Å². The molecule has 3 rings (SSSR count). The molecule has 3 aromatic rings. The summed E-state index contributed by atoms with van der Waals surface area (Å²) in [5.74, 6) is -0.0196. The predicted octanol–water partition coefficient (Wildman–Crippen LogP) is 2.87. The molecule has 2 heterocycles. The average molecular weight is 439 g/mol. The molecule has 160 valence electrons. The van der Waals surface area contributed by atoms with E-state index in [4.69, 9.17) is 0 Å². The summed E-state index contributed by atoms with van der Waals surface area (Å²) in [6.45, 7) is 3.19. The minimum Gasteiger partial charge on any atom is -0.387 e. The molecule has 0 fully saturated rings. The van der Waals surface area contributed by atoms with Crippen molar-refractivity contribution in [1.82, 2.24) is 24.9 Å². The van der Waals surface area contributed by atoms with Crippen molar-refractivity contribution in [3.8, 4) is 0 Å². The molecule has 1 aromatic carbocycles. The molecule has 1 atom stereocenters. The van der Waals surface area contributed by atoms with Crippen LogP contribution in [0.4, 0.5) is 13.2 Å². The van der Waals surface area contributed by atoms with Gasteiger partial charge in [-0.1, -0.05) is 30.0 Å². The summed E-state index contributed by atoms with van der Waals surface area (Å²) < 4.78 is 40.9. The molecule has 0 saturated carbocycles.